The predicted octanol–water partition coefficient (Wildman–Crippen LogP) is 3.68. The summed E-state index contributed by atoms with van der Waals surface area (Å²) in [6, 6.07) is 9.67. The highest BCUT2D eigenvalue weighted by atomic mass is 79.9. The zero-order valence-electron chi connectivity index (χ0n) is 17.8. The fourth-order valence-electron chi connectivity index (χ4n) is 5.47. The van der Waals surface area contributed by atoms with E-state index in [-0.39, 0.29) is 35.5 Å². The van der Waals surface area contributed by atoms with Crippen molar-refractivity contribution in [2.75, 3.05) is 13.7 Å². The molecule has 32 heavy (non-hydrogen) atoms. The quantitative estimate of drug-likeness (QED) is 0.555. The van der Waals surface area contributed by atoms with Gasteiger partial charge in [0.2, 0.25) is 0 Å². The Morgan fingerprint density at radius 3 is 2.81 bits per heavy atom. The smallest absolute Gasteiger partial charge is 0.141 e. The van der Waals surface area contributed by atoms with Crippen LogP contribution in [0.5, 0.6) is 17.2 Å². The second-order valence-corrected chi connectivity index (χ2v) is 10.8. The first-order valence-electron chi connectivity index (χ1n) is 10.8. The number of aliphatic hydroxyl groups is 1. The van der Waals surface area contributed by atoms with Crippen LogP contribution in [0.2, 0.25) is 0 Å². The minimum atomic E-state index is -0.414. The number of rotatable bonds is 5. The number of carbonyl (C=O) groups excluding carboxylic acids is 1. The molecule has 1 spiro atoms. The van der Waals surface area contributed by atoms with E-state index in [1.54, 1.807) is 24.9 Å². The Morgan fingerprint density at radius 1 is 1.31 bits per heavy atom. The van der Waals surface area contributed by atoms with Gasteiger partial charge in [-0.3, -0.25) is 4.79 Å². The molecule has 4 atom stereocenters. The van der Waals surface area contributed by atoms with Crippen molar-refractivity contribution >= 4 is 33.5 Å². The summed E-state index contributed by atoms with van der Waals surface area (Å²) in [6.45, 7) is 0.546. The monoisotopic (exact) mass is 519 g/mol. The normalized spacial score (nSPS) is 28.5. The van der Waals surface area contributed by atoms with Gasteiger partial charge in [-0.15, -0.1) is 0 Å². The van der Waals surface area contributed by atoms with Crippen molar-refractivity contribution < 1.29 is 24.5 Å². The lowest BCUT2D eigenvalue weighted by Crippen LogP contribution is -2.54. The Bertz CT molecular complexity index is 1050. The van der Waals surface area contributed by atoms with Crippen LogP contribution in [-0.2, 0) is 22.5 Å². The van der Waals surface area contributed by atoms with Crippen LogP contribution < -0.4 is 14.8 Å². The van der Waals surface area contributed by atoms with E-state index in [4.69, 9.17) is 9.47 Å². The molecule has 0 aromatic heterocycles. The Kier molecular flexibility index (Phi) is 5.90. The summed E-state index contributed by atoms with van der Waals surface area (Å²) in [4.78, 5) is 12.8. The maximum absolute atomic E-state index is 12.8. The average Bonchev–Trinajstić information content (AvgIpc) is 3.03. The summed E-state index contributed by atoms with van der Waals surface area (Å²) in [7, 11) is 1.65. The molecule has 1 aliphatic carbocycles. The molecule has 3 aliphatic rings. The van der Waals surface area contributed by atoms with Gasteiger partial charge in [-0.05, 0) is 51.7 Å². The molecule has 2 heterocycles. The van der Waals surface area contributed by atoms with Crippen LogP contribution in [0, 0.1) is 0 Å². The molecule has 8 heteroatoms. The van der Waals surface area contributed by atoms with E-state index in [1.807, 2.05) is 12.1 Å². The number of halogens is 1. The largest absolute Gasteiger partial charge is 0.507 e. The van der Waals surface area contributed by atoms with Gasteiger partial charge >= 0.3 is 0 Å². The van der Waals surface area contributed by atoms with Gasteiger partial charge in [-0.25, -0.2) is 0 Å². The lowest BCUT2D eigenvalue weighted by molar-refractivity contribution is -0.124. The van der Waals surface area contributed by atoms with E-state index >= 15 is 0 Å². The molecule has 0 radical (unpaired) electrons. The summed E-state index contributed by atoms with van der Waals surface area (Å²) in [5, 5.41) is 24.0. The molecule has 2 aliphatic heterocycles. The summed E-state index contributed by atoms with van der Waals surface area (Å²) >= 11 is 5.29. The number of thioether (sulfide) groups is 1. The molecule has 0 bridgehead atoms. The summed E-state index contributed by atoms with van der Waals surface area (Å²) in [5.41, 5.74) is 2.81. The van der Waals surface area contributed by atoms with Crippen molar-refractivity contribution in [2.45, 2.75) is 54.4 Å². The minimum absolute atomic E-state index is 0.00115. The van der Waals surface area contributed by atoms with E-state index in [0.29, 0.717) is 36.0 Å². The average molecular weight is 520 g/mol. The lowest BCUT2D eigenvalue weighted by Gasteiger charge is -2.45. The first-order valence-corrected chi connectivity index (χ1v) is 12.6. The zero-order chi connectivity index (χ0) is 22.5. The van der Waals surface area contributed by atoms with Gasteiger partial charge in [0, 0.05) is 42.0 Å². The van der Waals surface area contributed by atoms with Crippen LogP contribution in [0.3, 0.4) is 0 Å². The lowest BCUT2D eigenvalue weighted by atomic mass is 9.64. The number of Topliss-reactive ketones (excluding diaryl/α,β-unsaturated/α-hetero) is 1. The van der Waals surface area contributed by atoms with Gasteiger partial charge in [0.05, 0.1) is 19.1 Å². The van der Waals surface area contributed by atoms with Crippen LogP contribution in [0.4, 0.5) is 0 Å². The van der Waals surface area contributed by atoms with Crippen molar-refractivity contribution in [3.05, 3.63) is 51.5 Å². The van der Waals surface area contributed by atoms with Crippen LogP contribution >= 0.6 is 27.7 Å². The first kappa shape index (κ1) is 22.1. The Labute approximate surface area is 199 Å². The molecule has 6 nitrogen and oxygen atoms in total. The fraction of sp³-hybridized carbons (Fsp3) is 0.458. The zero-order valence-corrected chi connectivity index (χ0v) is 20.2. The molecule has 3 N–H and O–H groups in total. The Hall–Kier alpha value is -1.74. The maximum Gasteiger partial charge on any atom is 0.141 e. The topological polar surface area (TPSA) is 88.0 Å². The number of nitrogens with one attached hydrogen (secondary N) is 1. The van der Waals surface area contributed by atoms with Crippen molar-refractivity contribution in [3.8, 4) is 17.2 Å². The molecule has 5 rings (SSSR count). The molecule has 2 aromatic rings. The number of hydrogen-bond donors (Lipinski definition) is 3. The standard InChI is InChI=1S/C24H26BrNO5S/c1-30-17-4-2-13(3-5-17)12-32-20-8-16(28)7-19-24(20)9-15(11-27)26-10-14-6-18(29)22(25)23(31-19)21(14)24/h2-6,15,19-20,26-27,29H,7-12H2,1H3/t15-,19+,20+,24+/m0/s1. The number of phenolic OH excluding ortho intramolecular Hbond substituents is 1. The summed E-state index contributed by atoms with van der Waals surface area (Å²) in [6.07, 6.45) is 1.19. The predicted molar refractivity (Wildman–Crippen MR) is 127 cm³/mol. The van der Waals surface area contributed by atoms with Crippen LogP contribution in [0.15, 0.2) is 34.8 Å². The van der Waals surface area contributed by atoms with Crippen molar-refractivity contribution in [1.82, 2.24) is 5.32 Å². The molecule has 0 saturated heterocycles. The fourth-order valence-corrected chi connectivity index (χ4v) is 7.43. The molecule has 1 fully saturated rings. The number of benzene rings is 2. The number of ether oxygens (including phenoxy) is 2. The SMILES string of the molecule is COc1ccc(CS[C@@H]2CC(=O)C[C@H]3Oc4c(Br)c(O)cc5c4[C@]32C[C@@H](CO)NC5)cc1. The van der Waals surface area contributed by atoms with Gasteiger partial charge in [0.15, 0.2) is 0 Å². The number of methoxy groups -OCH3 is 1. The van der Waals surface area contributed by atoms with E-state index in [1.165, 1.54) is 5.56 Å². The number of carbonyl (C=O) groups is 1. The third-order valence-corrected chi connectivity index (χ3v) is 9.24. The van der Waals surface area contributed by atoms with Crippen molar-refractivity contribution in [1.29, 1.82) is 0 Å². The van der Waals surface area contributed by atoms with E-state index < -0.39 is 5.41 Å². The van der Waals surface area contributed by atoms with E-state index in [9.17, 15) is 15.0 Å². The van der Waals surface area contributed by atoms with Crippen LogP contribution in [-0.4, -0.2) is 47.1 Å². The molecular weight excluding hydrogens is 494 g/mol. The number of hydrogen-bond acceptors (Lipinski definition) is 7. The number of aromatic hydroxyl groups is 1. The van der Waals surface area contributed by atoms with Gasteiger partial charge in [0.25, 0.3) is 0 Å². The van der Waals surface area contributed by atoms with Gasteiger partial charge in [0.1, 0.15) is 33.6 Å². The molecule has 170 valence electrons. The van der Waals surface area contributed by atoms with Crippen LogP contribution in [0.1, 0.15) is 36.0 Å². The number of phenols is 1. The molecule has 2 aromatic carbocycles. The molecule has 1 saturated carbocycles. The van der Waals surface area contributed by atoms with Gasteiger partial charge in [-0.2, -0.15) is 11.8 Å². The van der Waals surface area contributed by atoms with E-state index in [2.05, 4.69) is 33.4 Å². The maximum atomic E-state index is 12.8. The van der Waals surface area contributed by atoms with Gasteiger partial charge in [-0.1, -0.05) is 12.1 Å². The molecule has 0 amide bonds. The van der Waals surface area contributed by atoms with Gasteiger partial charge < -0.3 is 25.0 Å². The second kappa shape index (κ2) is 8.56. The number of ketones is 1. The minimum Gasteiger partial charge on any atom is -0.507 e. The summed E-state index contributed by atoms with van der Waals surface area (Å²) < 4.78 is 12.2. The highest BCUT2D eigenvalue weighted by Crippen LogP contribution is 2.60. The van der Waals surface area contributed by atoms with Crippen molar-refractivity contribution in [3.63, 3.8) is 0 Å². The molecular formula is C24H26BrNO5S. The third-order valence-electron chi connectivity index (χ3n) is 6.98. The molecule has 0 unspecified atom stereocenters. The Morgan fingerprint density at radius 2 is 2.09 bits per heavy atom. The summed E-state index contributed by atoms with van der Waals surface area (Å²) in [5.74, 6) is 2.55. The highest BCUT2D eigenvalue weighted by Gasteiger charge is 2.60. The first-order chi connectivity index (χ1) is 15.5. The van der Waals surface area contributed by atoms with Crippen LogP contribution in [0.25, 0.3) is 0 Å². The second-order valence-electron chi connectivity index (χ2n) is 8.78. The Balaban J connectivity index is 1.57. The highest BCUT2D eigenvalue weighted by molar-refractivity contribution is 9.10. The van der Waals surface area contributed by atoms with Crippen molar-refractivity contribution in [2.24, 2.45) is 0 Å². The third kappa shape index (κ3) is 3.52. The number of aliphatic hydroxyl groups excluding tert-OH is 1. The van der Waals surface area contributed by atoms with E-state index in [0.717, 1.165) is 22.6 Å².